The van der Waals surface area contributed by atoms with E-state index >= 15 is 0 Å². The van der Waals surface area contributed by atoms with Crippen molar-refractivity contribution < 1.29 is 14.5 Å². The number of anilines is 1. The smallest absolute Gasteiger partial charge is 0.278 e. The molecule has 1 amide bonds. The second-order valence-corrected chi connectivity index (χ2v) is 6.15. The summed E-state index contributed by atoms with van der Waals surface area (Å²) in [5.74, 6) is 0.0457. The summed E-state index contributed by atoms with van der Waals surface area (Å²) in [6.45, 7) is 3.98. The number of rotatable bonds is 6. The highest BCUT2D eigenvalue weighted by molar-refractivity contribution is 6.32. The highest BCUT2D eigenvalue weighted by Crippen LogP contribution is 2.28. The van der Waals surface area contributed by atoms with Crippen LogP contribution >= 0.6 is 11.6 Å². The zero-order chi connectivity index (χ0) is 20.3. The normalized spacial score (nSPS) is 10.5. The van der Waals surface area contributed by atoms with Gasteiger partial charge in [0.2, 0.25) is 0 Å². The van der Waals surface area contributed by atoms with Gasteiger partial charge in [-0.3, -0.25) is 14.9 Å². The number of ether oxygens (including phenoxy) is 1. The average Bonchev–Trinajstić information content (AvgIpc) is 3.05. The molecule has 0 saturated heterocycles. The van der Waals surface area contributed by atoms with Gasteiger partial charge in [-0.1, -0.05) is 22.9 Å². The third-order valence-corrected chi connectivity index (χ3v) is 4.18. The number of amides is 1. The summed E-state index contributed by atoms with van der Waals surface area (Å²) >= 11 is 6.13. The van der Waals surface area contributed by atoms with Crippen LogP contribution in [0.2, 0.25) is 5.02 Å². The van der Waals surface area contributed by atoms with Crippen molar-refractivity contribution in [3.05, 3.63) is 69.0 Å². The van der Waals surface area contributed by atoms with Crippen LogP contribution in [-0.4, -0.2) is 32.4 Å². The molecule has 0 spiro atoms. The van der Waals surface area contributed by atoms with Crippen molar-refractivity contribution >= 4 is 28.9 Å². The van der Waals surface area contributed by atoms with Crippen molar-refractivity contribution in [3.8, 4) is 11.4 Å². The van der Waals surface area contributed by atoms with Crippen molar-refractivity contribution in [2.24, 2.45) is 0 Å². The van der Waals surface area contributed by atoms with Crippen LogP contribution in [0.25, 0.3) is 5.69 Å². The van der Waals surface area contributed by atoms with Gasteiger partial charge >= 0.3 is 0 Å². The van der Waals surface area contributed by atoms with Gasteiger partial charge in [-0.25, -0.2) is 4.68 Å². The van der Waals surface area contributed by atoms with Crippen LogP contribution in [0, 0.1) is 17.0 Å². The summed E-state index contributed by atoms with van der Waals surface area (Å²) in [7, 11) is 0. The maximum Gasteiger partial charge on any atom is 0.278 e. The second kappa shape index (κ2) is 8.05. The first-order valence-electron chi connectivity index (χ1n) is 8.31. The van der Waals surface area contributed by atoms with E-state index in [9.17, 15) is 14.9 Å². The molecule has 0 bridgehead atoms. The molecule has 0 fully saturated rings. The van der Waals surface area contributed by atoms with E-state index in [1.165, 1.54) is 22.9 Å². The third kappa shape index (κ3) is 3.94. The number of halogens is 1. The predicted molar refractivity (Wildman–Crippen MR) is 103 cm³/mol. The monoisotopic (exact) mass is 401 g/mol. The zero-order valence-electron chi connectivity index (χ0n) is 15.0. The summed E-state index contributed by atoms with van der Waals surface area (Å²) in [6.07, 6.45) is 0. The lowest BCUT2D eigenvalue weighted by molar-refractivity contribution is -0.384. The first kappa shape index (κ1) is 19.3. The van der Waals surface area contributed by atoms with Crippen LogP contribution in [0.5, 0.6) is 5.75 Å². The van der Waals surface area contributed by atoms with Gasteiger partial charge in [-0.2, -0.15) is 0 Å². The van der Waals surface area contributed by atoms with Gasteiger partial charge in [0.25, 0.3) is 11.6 Å². The minimum Gasteiger partial charge on any atom is -0.492 e. The Bertz CT molecular complexity index is 1050. The summed E-state index contributed by atoms with van der Waals surface area (Å²) in [5.41, 5.74) is 1.36. The lowest BCUT2D eigenvalue weighted by atomic mass is 10.2. The van der Waals surface area contributed by atoms with E-state index in [-0.39, 0.29) is 11.4 Å². The molecule has 0 unspecified atom stereocenters. The van der Waals surface area contributed by atoms with Crippen molar-refractivity contribution in [1.29, 1.82) is 0 Å². The molecular weight excluding hydrogens is 386 g/mol. The SMILES string of the molecule is CCOc1ccc(NC(=O)c2nnn(-c3cccc([N+](=O)[O-])c3)c2C)cc1Cl. The minimum absolute atomic E-state index is 0.0811. The quantitative estimate of drug-likeness (QED) is 0.496. The van der Waals surface area contributed by atoms with Crippen LogP contribution in [0.15, 0.2) is 42.5 Å². The summed E-state index contributed by atoms with van der Waals surface area (Å²) in [5, 5.41) is 21.9. The number of non-ortho nitro benzene ring substituents is 1. The maximum atomic E-state index is 12.6. The molecule has 1 aromatic heterocycles. The standard InChI is InChI=1S/C18H16ClN5O4/c1-3-28-16-8-7-12(9-15(16)19)20-18(25)17-11(2)23(22-21-17)13-5-4-6-14(10-13)24(26)27/h4-10H,3H2,1-2H3,(H,20,25). The molecule has 0 aliphatic carbocycles. The highest BCUT2D eigenvalue weighted by Gasteiger charge is 2.19. The molecule has 9 nitrogen and oxygen atoms in total. The lowest BCUT2D eigenvalue weighted by Gasteiger charge is -2.09. The van der Waals surface area contributed by atoms with Crippen LogP contribution in [0.3, 0.4) is 0 Å². The molecule has 1 N–H and O–H groups in total. The summed E-state index contributed by atoms with van der Waals surface area (Å²) in [6, 6.07) is 10.8. The number of carbonyl (C=O) groups is 1. The van der Waals surface area contributed by atoms with Crippen LogP contribution in [0.4, 0.5) is 11.4 Å². The van der Waals surface area contributed by atoms with Crippen molar-refractivity contribution in [1.82, 2.24) is 15.0 Å². The van der Waals surface area contributed by atoms with Crippen molar-refractivity contribution in [2.75, 3.05) is 11.9 Å². The van der Waals surface area contributed by atoms with E-state index in [1.807, 2.05) is 6.92 Å². The Morgan fingerprint density at radius 3 is 2.79 bits per heavy atom. The number of aromatic nitrogens is 3. The number of carbonyl (C=O) groups excluding carboxylic acids is 1. The molecule has 3 rings (SSSR count). The summed E-state index contributed by atoms with van der Waals surface area (Å²) < 4.78 is 6.73. The van der Waals surface area contributed by atoms with E-state index in [4.69, 9.17) is 16.3 Å². The molecule has 3 aromatic rings. The van der Waals surface area contributed by atoms with Crippen molar-refractivity contribution in [3.63, 3.8) is 0 Å². The van der Waals surface area contributed by atoms with Gasteiger partial charge < -0.3 is 10.1 Å². The molecular formula is C18H16ClN5O4. The molecule has 144 valence electrons. The van der Waals surface area contributed by atoms with Gasteiger partial charge in [0.05, 0.1) is 27.9 Å². The minimum atomic E-state index is -0.501. The largest absolute Gasteiger partial charge is 0.492 e. The van der Waals surface area contributed by atoms with E-state index in [0.29, 0.717) is 34.4 Å². The maximum absolute atomic E-state index is 12.6. The fraction of sp³-hybridized carbons (Fsp3) is 0.167. The Morgan fingerprint density at radius 2 is 2.11 bits per heavy atom. The molecule has 28 heavy (non-hydrogen) atoms. The van der Waals surface area contributed by atoms with Gasteiger partial charge in [0.1, 0.15) is 5.75 Å². The first-order valence-corrected chi connectivity index (χ1v) is 8.69. The Morgan fingerprint density at radius 1 is 1.32 bits per heavy atom. The number of hydrogen-bond donors (Lipinski definition) is 1. The average molecular weight is 402 g/mol. The Kier molecular flexibility index (Phi) is 5.55. The van der Waals surface area contributed by atoms with E-state index in [2.05, 4.69) is 15.6 Å². The van der Waals surface area contributed by atoms with Gasteiger partial charge in [0.15, 0.2) is 5.69 Å². The third-order valence-electron chi connectivity index (χ3n) is 3.88. The van der Waals surface area contributed by atoms with E-state index < -0.39 is 10.8 Å². The number of nitrogens with one attached hydrogen (secondary N) is 1. The number of nitrogens with zero attached hydrogens (tertiary/aromatic N) is 4. The topological polar surface area (TPSA) is 112 Å². The molecule has 0 atom stereocenters. The second-order valence-electron chi connectivity index (χ2n) is 5.74. The molecule has 0 aliphatic rings. The number of nitro benzene ring substituents is 1. The fourth-order valence-electron chi connectivity index (χ4n) is 2.56. The fourth-order valence-corrected chi connectivity index (χ4v) is 2.80. The highest BCUT2D eigenvalue weighted by atomic mass is 35.5. The zero-order valence-corrected chi connectivity index (χ0v) is 15.8. The lowest BCUT2D eigenvalue weighted by Crippen LogP contribution is -2.14. The van der Waals surface area contributed by atoms with Crippen LogP contribution in [-0.2, 0) is 0 Å². The van der Waals surface area contributed by atoms with Gasteiger partial charge in [-0.05, 0) is 38.1 Å². The van der Waals surface area contributed by atoms with Gasteiger partial charge in [-0.15, -0.1) is 5.10 Å². The van der Waals surface area contributed by atoms with E-state index in [1.54, 1.807) is 31.2 Å². The molecule has 0 saturated carbocycles. The first-order chi connectivity index (χ1) is 13.4. The van der Waals surface area contributed by atoms with Crippen molar-refractivity contribution in [2.45, 2.75) is 13.8 Å². The van der Waals surface area contributed by atoms with Gasteiger partial charge in [0, 0.05) is 17.8 Å². The Labute approximate surface area is 165 Å². The number of hydrogen-bond acceptors (Lipinski definition) is 6. The Hall–Kier alpha value is -3.46. The molecule has 2 aromatic carbocycles. The van der Waals surface area contributed by atoms with E-state index in [0.717, 1.165) is 0 Å². The molecule has 1 heterocycles. The molecule has 0 radical (unpaired) electrons. The molecule has 0 aliphatic heterocycles. The summed E-state index contributed by atoms with van der Waals surface area (Å²) in [4.78, 5) is 23.0. The van der Waals surface area contributed by atoms with Crippen LogP contribution in [0.1, 0.15) is 23.1 Å². The number of nitro groups is 1. The number of benzene rings is 2. The molecule has 10 heteroatoms. The Balaban J connectivity index is 1.83. The predicted octanol–water partition coefficient (Wildman–Crippen LogP) is 3.79. The van der Waals surface area contributed by atoms with Crippen LogP contribution < -0.4 is 10.1 Å².